The van der Waals surface area contributed by atoms with E-state index >= 15 is 0 Å². The first kappa shape index (κ1) is 27.3. The fourth-order valence-corrected chi connectivity index (χ4v) is 5.19. The highest BCUT2D eigenvalue weighted by Crippen LogP contribution is 2.41. The zero-order valence-electron chi connectivity index (χ0n) is 21.3. The molecule has 1 aliphatic rings. The third-order valence-corrected chi connectivity index (χ3v) is 7.23. The quantitative estimate of drug-likeness (QED) is 0.373. The van der Waals surface area contributed by atoms with E-state index in [4.69, 9.17) is 11.6 Å². The molecule has 0 aliphatic carbocycles. The van der Waals surface area contributed by atoms with Crippen LogP contribution in [0.25, 0.3) is 0 Å². The van der Waals surface area contributed by atoms with Crippen LogP contribution >= 0.6 is 11.6 Å². The van der Waals surface area contributed by atoms with Crippen LogP contribution < -0.4 is 10.6 Å². The number of halogens is 2. The van der Waals surface area contributed by atoms with Gasteiger partial charge in [0.1, 0.15) is 5.82 Å². The summed E-state index contributed by atoms with van der Waals surface area (Å²) in [4.78, 5) is 40.2. The van der Waals surface area contributed by atoms with E-state index in [0.717, 1.165) is 17.2 Å². The molecule has 4 rings (SSSR count). The minimum Gasteiger partial charge on any atom is -0.478 e. The lowest BCUT2D eigenvalue weighted by atomic mass is 9.69. The number of nitrogens with one attached hydrogen (secondary N) is 2. The highest BCUT2D eigenvalue weighted by molar-refractivity contribution is 6.31. The molecule has 0 aromatic heterocycles. The fraction of sp³-hybridized carbons (Fsp3) is 0.276. The molecule has 3 aromatic rings. The Bertz CT molecular complexity index is 1400. The van der Waals surface area contributed by atoms with Crippen LogP contribution in [0.3, 0.4) is 0 Å². The summed E-state index contributed by atoms with van der Waals surface area (Å²) in [5.74, 6) is -2.54. The van der Waals surface area contributed by atoms with Gasteiger partial charge in [-0.15, -0.1) is 0 Å². The molecular formula is C29H29ClFN3O4. The number of benzene rings is 3. The van der Waals surface area contributed by atoms with E-state index in [1.165, 1.54) is 13.1 Å². The van der Waals surface area contributed by atoms with Gasteiger partial charge in [0.15, 0.2) is 0 Å². The van der Waals surface area contributed by atoms with Gasteiger partial charge in [-0.25, -0.2) is 9.18 Å². The number of rotatable bonds is 8. The number of likely N-dealkylation sites (tertiary alicyclic amines) is 1. The second-order valence-electron chi connectivity index (χ2n) is 9.78. The number of aromatic carboxylic acids is 1. The van der Waals surface area contributed by atoms with E-state index in [9.17, 15) is 23.9 Å². The van der Waals surface area contributed by atoms with E-state index in [1.807, 2.05) is 43.0 Å². The van der Waals surface area contributed by atoms with Crippen molar-refractivity contribution >= 4 is 35.1 Å². The van der Waals surface area contributed by atoms with Crippen LogP contribution in [0.4, 0.5) is 10.1 Å². The first-order valence-corrected chi connectivity index (χ1v) is 12.6. The van der Waals surface area contributed by atoms with Gasteiger partial charge in [0.25, 0.3) is 5.91 Å². The number of carboxylic acid groups (broad SMARTS) is 1. The molecule has 1 aliphatic heterocycles. The zero-order chi connectivity index (χ0) is 27.6. The van der Waals surface area contributed by atoms with Crippen LogP contribution in [0.15, 0.2) is 60.7 Å². The summed E-state index contributed by atoms with van der Waals surface area (Å²) in [6, 6.07) is 16.7. The van der Waals surface area contributed by atoms with Crippen molar-refractivity contribution in [2.24, 2.45) is 0 Å². The zero-order valence-corrected chi connectivity index (χ0v) is 22.1. The van der Waals surface area contributed by atoms with Crippen molar-refractivity contribution < 1.29 is 23.9 Å². The van der Waals surface area contributed by atoms with Crippen LogP contribution in [0.5, 0.6) is 0 Å². The molecule has 0 spiro atoms. The second-order valence-corrected chi connectivity index (χ2v) is 10.2. The largest absolute Gasteiger partial charge is 0.478 e. The fourth-order valence-electron chi connectivity index (χ4n) is 5.02. The highest BCUT2D eigenvalue weighted by Gasteiger charge is 2.51. The van der Waals surface area contributed by atoms with Gasteiger partial charge in [-0.05, 0) is 40.8 Å². The Labute approximate surface area is 225 Å². The van der Waals surface area contributed by atoms with Crippen molar-refractivity contribution in [3.63, 3.8) is 0 Å². The monoisotopic (exact) mass is 537 g/mol. The Balaban J connectivity index is 1.71. The summed E-state index contributed by atoms with van der Waals surface area (Å²) in [6.07, 6.45) is 0. The van der Waals surface area contributed by atoms with Gasteiger partial charge in [-0.2, -0.15) is 0 Å². The van der Waals surface area contributed by atoms with Gasteiger partial charge in [0.2, 0.25) is 5.91 Å². The average Bonchev–Trinajstić information content (AvgIpc) is 2.87. The minimum absolute atomic E-state index is 0.0207. The van der Waals surface area contributed by atoms with Crippen LogP contribution in [-0.4, -0.2) is 47.9 Å². The minimum atomic E-state index is -1.01. The molecule has 7 nitrogen and oxygen atoms in total. The maximum absolute atomic E-state index is 14.4. The van der Waals surface area contributed by atoms with Gasteiger partial charge in [-0.3, -0.25) is 14.5 Å². The number of hydrogen-bond acceptors (Lipinski definition) is 4. The Hall–Kier alpha value is -3.75. The Morgan fingerprint density at radius 3 is 2.37 bits per heavy atom. The lowest BCUT2D eigenvalue weighted by molar-refractivity contribution is -0.128. The van der Waals surface area contributed by atoms with Crippen molar-refractivity contribution in [2.45, 2.75) is 31.7 Å². The predicted molar refractivity (Wildman–Crippen MR) is 144 cm³/mol. The summed E-state index contributed by atoms with van der Waals surface area (Å²) in [5, 5.41) is 14.6. The first-order chi connectivity index (χ1) is 18.1. The van der Waals surface area contributed by atoms with Crippen molar-refractivity contribution in [1.82, 2.24) is 10.2 Å². The molecule has 2 amide bonds. The first-order valence-electron chi connectivity index (χ1n) is 12.2. The molecule has 1 saturated heterocycles. The van der Waals surface area contributed by atoms with Gasteiger partial charge >= 0.3 is 5.97 Å². The standard InChI is InChI=1S/C29H29ClFN3O4/c1-17(2)19-9-6-7-11-22(19)29(15-34(16-29)14-18-8-4-5-10-20(18)27(36)37)28(38)33-25-13-24(31)23(30)12-21(25)26(35)32-3/h4-13,17H,14-16H2,1-3H3,(H,32,35)(H,33,38)(H,36,37). The van der Waals surface area contributed by atoms with Crippen molar-refractivity contribution in [3.05, 3.63) is 99.3 Å². The molecule has 0 atom stereocenters. The number of anilines is 1. The van der Waals surface area contributed by atoms with Crippen LogP contribution in [0.1, 0.15) is 57.2 Å². The van der Waals surface area contributed by atoms with Gasteiger partial charge in [0.05, 0.1) is 27.3 Å². The number of carboxylic acids is 1. The molecule has 1 heterocycles. The Morgan fingerprint density at radius 1 is 1.05 bits per heavy atom. The number of carbonyl (C=O) groups excluding carboxylic acids is 2. The average molecular weight is 538 g/mol. The SMILES string of the molecule is CNC(=O)c1cc(Cl)c(F)cc1NC(=O)C1(c2ccccc2C(C)C)CN(Cc2ccccc2C(=O)O)C1. The van der Waals surface area contributed by atoms with E-state index in [1.54, 1.807) is 24.3 Å². The smallest absolute Gasteiger partial charge is 0.336 e. The Kier molecular flexibility index (Phi) is 7.85. The molecular weight excluding hydrogens is 509 g/mol. The summed E-state index contributed by atoms with van der Waals surface area (Å²) in [5.41, 5.74) is 1.76. The topological polar surface area (TPSA) is 98.7 Å². The molecule has 38 heavy (non-hydrogen) atoms. The Morgan fingerprint density at radius 2 is 1.71 bits per heavy atom. The molecule has 0 unspecified atom stereocenters. The van der Waals surface area contributed by atoms with Crippen LogP contribution in [0.2, 0.25) is 5.02 Å². The third-order valence-electron chi connectivity index (χ3n) is 6.94. The molecule has 3 N–H and O–H groups in total. The van der Waals surface area contributed by atoms with Gasteiger partial charge < -0.3 is 15.7 Å². The third kappa shape index (κ3) is 5.14. The van der Waals surface area contributed by atoms with Gasteiger partial charge in [-0.1, -0.05) is 67.9 Å². The lowest BCUT2D eigenvalue weighted by Crippen LogP contribution is -2.65. The molecule has 198 valence electrons. The maximum Gasteiger partial charge on any atom is 0.336 e. The van der Waals surface area contributed by atoms with Gasteiger partial charge in [0, 0.05) is 26.7 Å². The van der Waals surface area contributed by atoms with Crippen molar-refractivity contribution in [2.75, 3.05) is 25.5 Å². The summed E-state index contributed by atoms with van der Waals surface area (Å²) >= 11 is 5.92. The number of hydrogen-bond donors (Lipinski definition) is 3. The lowest BCUT2D eigenvalue weighted by Gasteiger charge is -2.50. The van der Waals surface area contributed by atoms with Crippen LogP contribution in [-0.2, 0) is 16.8 Å². The number of carbonyl (C=O) groups is 3. The van der Waals surface area contributed by atoms with Crippen LogP contribution in [0, 0.1) is 5.82 Å². The molecule has 3 aromatic carbocycles. The molecule has 0 bridgehead atoms. The highest BCUT2D eigenvalue weighted by atomic mass is 35.5. The second kappa shape index (κ2) is 10.9. The van der Waals surface area contributed by atoms with E-state index in [2.05, 4.69) is 10.6 Å². The predicted octanol–water partition coefficient (Wildman–Crippen LogP) is 5.05. The summed E-state index contributed by atoms with van der Waals surface area (Å²) in [6.45, 7) is 5.05. The van der Waals surface area contributed by atoms with Crippen molar-refractivity contribution in [3.8, 4) is 0 Å². The maximum atomic E-state index is 14.4. The van der Waals surface area contributed by atoms with Crippen molar-refractivity contribution in [1.29, 1.82) is 0 Å². The number of amides is 2. The van der Waals surface area contributed by atoms with E-state index in [0.29, 0.717) is 25.2 Å². The van der Waals surface area contributed by atoms with E-state index in [-0.39, 0.29) is 33.7 Å². The summed E-state index contributed by atoms with van der Waals surface area (Å²) < 4.78 is 14.4. The molecule has 0 radical (unpaired) electrons. The normalized spacial score (nSPS) is 14.6. The molecule has 9 heteroatoms. The number of nitrogens with zero attached hydrogens (tertiary/aromatic N) is 1. The van der Waals surface area contributed by atoms with E-state index < -0.39 is 23.1 Å². The molecule has 1 fully saturated rings. The summed E-state index contributed by atoms with van der Waals surface area (Å²) in [7, 11) is 1.43. The molecule has 0 saturated carbocycles.